The summed E-state index contributed by atoms with van der Waals surface area (Å²) < 4.78 is 40.4. The molecule has 1 N–H and O–H groups in total. The molecule has 0 fully saturated rings. The summed E-state index contributed by atoms with van der Waals surface area (Å²) in [4.78, 5) is 35.6. The van der Waals surface area contributed by atoms with Crippen molar-refractivity contribution in [1.82, 2.24) is 9.78 Å². The van der Waals surface area contributed by atoms with Gasteiger partial charge in [0.2, 0.25) is 5.43 Å². The highest BCUT2D eigenvalue weighted by Crippen LogP contribution is 2.33. The van der Waals surface area contributed by atoms with Gasteiger partial charge in [0.25, 0.3) is 11.6 Å². The van der Waals surface area contributed by atoms with E-state index in [-0.39, 0.29) is 28.3 Å². The highest BCUT2D eigenvalue weighted by molar-refractivity contribution is 6.02. The van der Waals surface area contributed by atoms with Gasteiger partial charge in [-0.05, 0) is 37.6 Å². The number of anilines is 1. The zero-order valence-corrected chi connectivity index (χ0v) is 16.2. The van der Waals surface area contributed by atoms with Crippen molar-refractivity contribution < 1.29 is 22.9 Å². The van der Waals surface area contributed by atoms with Crippen LogP contribution in [-0.4, -0.2) is 20.6 Å². The number of benzene rings is 2. The number of aromatic nitrogens is 2. The van der Waals surface area contributed by atoms with E-state index in [1.54, 1.807) is 0 Å². The average molecular weight is 432 g/mol. The molecule has 0 bridgehead atoms. The first-order valence-electron chi connectivity index (χ1n) is 8.83. The quantitative estimate of drug-likeness (QED) is 0.495. The number of nitro benzene ring substituents is 1. The van der Waals surface area contributed by atoms with Crippen LogP contribution in [0.25, 0.3) is 5.69 Å². The second-order valence-electron chi connectivity index (χ2n) is 6.64. The minimum absolute atomic E-state index is 0.0220. The van der Waals surface area contributed by atoms with Crippen LogP contribution >= 0.6 is 0 Å². The monoisotopic (exact) mass is 432 g/mol. The molecule has 160 valence electrons. The average Bonchev–Trinajstić information content (AvgIpc) is 2.68. The molecule has 0 atom stereocenters. The van der Waals surface area contributed by atoms with Crippen molar-refractivity contribution in [3.8, 4) is 5.69 Å². The first-order valence-corrected chi connectivity index (χ1v) is 8.83. The molecule has 0 aliphatic rings. The molecule has 8 nitrogen and oxygen atoms in total. The Hall–Kier alpha value is -4.02. The number of alkyl halides is 3. The molecule has 3 rings (SSSR count). The fourth-order valence-corrected chi connectivity index (χ4v) is 2.94. The van der Waals surface area contributed by atoms with Gasteiger partial charge in [-0.2, -0.15) is 18.3 Å². The van der Waals surface area contributed by atoms with E-state index in [0.717, 1.165) is 16.8 Å². The van der Waals surface area contributed by atoms with Crippen molar-refractivity contribution in [3.05, 3.63) is 91.4 Å². The van der Waals surface area contributed by atoms with Gasteiger partial charge < -0.3 is 5.32 Å². The summed E-state index contributed by atoms with van der Waals surface area (Å²) in [6, 6.07) is 9.86. The molecule has 0 aliphatic heterocycles. The summed E-state index contributed by atoms with van der Waals surface area (Å²) in [6.45, 7) is 2.75. The molecule has 3 aromatic rings. The van der Waals surface area contributed by atoms with Crippen LogP contribution in [0.3, 0.4) is 0 Å². The van der Waals surface area contributed by atoms with Crippen LogP contribution in [0.4, 0.5) is 24.5 Å². The van der Waals surface area contributed by atoms with Crippen LogP contribution in [0.5, 0.6) is 0 Å². The van der Waals surface area contributed by atoms with E-state index in [4.69, 9.17) is 0 Å². The number of carbonyl (C=O) groups is 1. The molecule has 0 saturated heterocycles. The van der Waals surface area contributed by atoms with Gasteiger partial charge in [-0.25, -0.2) is 4.68 Å². The molecule has 0 aliphatic carbocycles. The summed E-state index contributed by atoms with van der Waals surface area (Å²) in [6.07, 6.45) is -4.62. The Morgan fingerprint density at radius 2 is 1.81 bits per heavy atom. The number of halogens is 3. The smallest absolute Gasteiger partial charge is 0.320 e. The number of carbonyl (C=O) groups excluding carboxylic acids is 1. The molecule has 1 aromatic heterocycles. The van der Waals surface area contributed by atoms with Gasteiger partial charge in [0.1, 0.15) is 5.69 Å². The van der Waals surface area contributed by atoms with Crippen LogP contribution in [0.2, 0.25) is 0 Å². The number of para-hydroxylation sites is 2. The maximum atomic E-state index is 13.1. The highest BCUT2D eigenvalue weighted by atomic mass is 19.4. The van der Waals surface area contributed by atoms with E-state index >= 15 is 0 Å². The molecule has 0 unspecified atom stereocenters. The maximum Gasteiger partial charge on any atom is 0.416 e. The van der Waals surface area contributed by atoms with E-state index in [2.05, 4.69) is 10.4 Å². The van der Waals surface area contributed by atoms with Gasteiger partial charge in [0.15, 0.2) is 5.69 Å². The minimum atomic E-state index is -4.62. The second kappa shape index (κ2) is 8.01. The van der Waals surface area contributed by atoms with E-state index in [0.29, 0.717) is 0 Å². The van der Waals surface area contributed by atoms with Gasteiger partial charge >= 0.3 is 6.18 Å². The summed E-state index contributed by atoms with van der Waals surface area (Å²) >= 11 is 0. The van der Waals surface area contributed by atoms with Gasteiger partial charge in [-0.15, -0.1) is 0 Å². The molecule has 11 heteroatoms. The van der Waals surface area contributed by atoms with Crippen molar-refractivity contribution in [2.45, 2.75) is 20.0 Å². The molecular formula is C20H15F3N4O4. The Bertz CT molecular complexity index is 1250. The second-order valence-corrected chi connectivity index (χ2v) is 6.64. The van der Waals surface area contributed by atoms with Crippen LogP contribution < -0.4 is 10.7 Å². The van der Waals surface area contributed by atoms with E-state index < -0.39 is 33.7 Å². The Morgan fingerprint density at radius 1 is 1.13 bits per heavy atom. The molecule has 0 spiro atoms. The van der Waals surface area contributed by atoms with Crippen molar-refractivity contribution in [2.24, 2.45) is 0 Å². The summed E-state index contributed by atoms with van der Waals surface area (Å²) in [7, 11) is 0. The Morgan fingerprint density at radius 3 is 2.45 bits per heavy atom. The molecule has 2 aromatic carbocycles. The first kappa shape index (κ1) is 21.7. The number of nitrogens with zero attached hydrogens (tertiary/aromatic N) is 3. The highest BCUT2D eigenvalue weighted by Gasteiger charge is 2.32. The Kier molecular flexibility index (Phi) is 5.60. The normalized spacial score (nSPS) is 11.3. The molecule has 0 saturated carbocycles. The third-order valence-electron chi connectivity index (χ3n) is 4.43. The summed E-state index contributed by atoms with van der Waals surface area (Å²) in [5.41, 5.74) is -2.61. The predicted molar refractivity (Wildman–Crippen MR) is 105 cm³/mol. The molecular weight excluding hydrogens is 417 g/mol. The fourth-order valence-electron chi connectivity index (χ4n) is 2.94. The number of hydrogen-bond acceptors (Lipinski definition) is 5. The third kappa shape index (κ3) is 4.44. The standard InChI is InChI=1S/C20H15F3N4O4/c1-11-7-8-13(10-14(11)20(21,22)23)24-19(29)18-17(28)9-12(2)26(25-18)15-5-3-4-6-16(15)27(30)31/h3-10H,1-2H3,(H,24,29). The van der Waals surface area contributed by atoms with Gasteiger partial charge in [-0.3, -0.25) is 19.7 Å². The van der Waals surface area contributed by atoms with E-state index in [9.17, 15) is 32.9 Å². The number of rotatable bonds is 4. The molecule has 31 heavy (non-hydrogen) atoms. The van der Waals surface area contributed by atoms with Crippen molar-refractivity contribution in [3.63, 3.8) is 0 Å². The fraction of sp³-hybridized carbons (Fsp3) is 0.150. The summed E-state index contributed by atoms with van der Waals surface area (Å²) in [5.74, 6) is -1.05. The van der Waals surface area contributed by atoms with Crippen LogP contribution in [0, 0.1) is 24.0 Å². The summed E-state index contributed by atoms with van der Waals surface area (Å²) in [5, 5.41) is 17.5. The van der Waals surface area contributed by atoms with E-state index in [1.165, 1.54) is 50.2 Å². The number of nitro groups is 1. The zero-order chi connectivity index (χ0) is 22.9. The molecule has 1 amide bonds. The maximum absolute atomic E-state index is 13.1. The van der Waals surface area contributed by atoms with Gasteiger partial charge in [0.05, 0.1) is 10.5 Å². The number of amides is 1. The van der Waals surface area contributed by atoms with Crippen LogP contribution in [0.15, 0.2) is 53.3 Å². The number of aryl methyl sites for hydroxylation is 2. The lowest BCUT2D eigenvalue weighted by Gasteiger charge is -2.13. The van der Waals surface area contributed by atoms with E-state index in [1.807, 2.05) is 0 Å². The number of nitrogens with one attached hydrogen (secondary N) is 1. The van der Waals surface area contributed by atoms with Crippen molar-refractivity contribution in [2.75, 3.05) is 5.32 Å². The zero-order valence-electron chi connectivity index (χ0n) is 16.2. The van der Waals surface area contributed by atoms with Gasteiger partial charge in [0, 0.05) is 23.5 Å². The minimum Gasteiger partial charge on any atom is -0.320 e. The first-order chi connectivity index (χ1) is 14.5. The Labute approximate surface area is 173 Å². The van der Waals surface area contributed by atoms with Crippen molar-refractivity contribution in [1.29, 1.82) is 0 Å². The van der Waals surface area contributed by atoms with Crippen molar-refractivity contribution >= 4 is 17.3 Å². The lowest BCUT2D eigenvalue weighted by atomic mass is 10.1. The molecule has 1 heterocycles. The largest absolute Gasteiger partial charge is 0.416 e. The predicted octanol–water partition coefficient (Wildman–Crippen LogP) is 4.03. The van der Waals surface area contributed by atoms with Gasteiger partial charge in [-0.1, -0.05) is 18.2 Å². The van der Waals surface area contributed by atoms with Crippen LogP contribution in [0.1, 0.15) is 27.3 Å². The topological polar surface area (TPSA) is 107 Å². The SMILES string of the molecule is Cc1ccc(NC(=O)c2nn(-c3ccccc3[N+](=O)[O-])c(C)cc2=O)cc1C(F)(F)F. The third-order valence-corrected chi connectivity index (χ3v) is 4.43. The lowest BCUT2D eigenvalue weighted by molar-refractivity contribution is -0.384. The van der Waals surface area contributed by atoms with Crippen LogP contribution in [-0.2, 0) is 6.18 Å². The molecule has 0 radical (unpaired) electrons. The number of hydrogen-bond donors (Lipinski definition) is 1. The lowest BCUT2D eigenvalue weighted by Crippen LogP contribution is -2.27. The Balaban J connectivity index is 2.03.